The molecule has 0 aliphatic heterocycles. The summed E-state index contributed by atoms with van der Waals surface area (Å²) >= 11 is 9.85. The van der Waals surface area contributed by atoms with E-state index in [-0.39, 0.29) is 11.5 Å². The van der Waals surface area contributed by atoms with Gasteiger partial charge in [-0.3, -0.25) is 4.79 Å². The average molecular weight is 581 g/mol. The molecule has 1 fully saturated rings. The van der Waals surface area contributed by atoms with Crippen molar-refractivity contribution >= 4 is 44.6 Å². The Morgan fingerprint density at radius 1 is 1.11 bits per heavy atom. The van der Waals surface area contributed by atoms with E-state index in [1.54, 1.807) is 31.5 Å². The van der Waals surface area contributed by atoms with Gasteiger partial charge in [-0.15, -0.1) is 0 Å². The van der Waals surface area contributed by atoms with Crippen LogP contribution in [0.15, 0.2) is 75.0 Å². The molecule has 5 rings (SSSR count). The molecule has 1 aliphatic carbocycles. The van der Waals surface area contributed by atoms with Crippen LogP contribution in [0.1, 0.15) is 55.0 Å². The first-order valence-electron chi connectivity index (χ1n) is 12.3. The van der Waals surface area contributed by atoms with Gasteiger partial charge in [0.1, 0.15) is 12.4 Å². The molecule has 1 saturated carbocycles. The van der Waals surface area contributed by atoms with E-state index in [4.69, 9.17) is 26.1 Å². The Kier molecular flexibility index (Phi) is 7.91. The van der Waals surface area contributed by atoms with Gasteiger partial charge < -0.3 is 9.47 Å². The van der Waals surface area contributed by atoms with E-state index in [0.29, 0.717) is 45.4 Å². The minimum absolute atomic E-state index is 0.185. The number of hydrogen-bond acceptors (Lipinski definition) is 5. The lowest BCUT2D eigenvalue weighted by Crippen LogP contribution is -2.25. The molecule has 1 aliphatic rings. The first kappa shape index (κ1) is 25.5. The molecule has 0 N–H and O–H groups in total. The third-order valence-corrected chi connectivity index (χ3v) is 7.37. The van der Waals surface area contributed by atoms with Gasteiger partial charge in [-0.05, 0) is 48.7 Å². The van der Waals surface area contributed by atoms with E-state index >= 15 is 0 Å². The molecule has 0 spiro atoms. The largest absolute Gasteiger partial charge is 0.493 e. The number of para-hydroxylation sites is 1. The molecule has 0 radical (unpaired) electrons. The van der Waals surface area contributed by atoms with Gasteiger partial charge in [-0.2, -0.15) is 9.78 Å². The number of rotatable bonds is 7. The fourth-order valence-corrected chi connectivity index (χ4v) is 5.21. The molecule has 0 saturated heterocycles. The predicted octanol–water partition coefficient (Wildman–Crippen LogP) is 7.33. The summed E-state index contributed by atoms with van der Waals surface area (Å²) in [4.78, 5) is 18.4. The second kappa shape index (κ2) is 11.5. The summed E-state index contributed by atoms with van der Waals surface area (Å²) in [5.41, 5.74) is 2.12. The Bertz CT molecular complexity index is 1500. The first-order chi connectivity index (χ1) is 18.0. The molecule has 0 bridgehead atoms. The van der Waals surface area contributed by atoms with Crippen molar-refractivity contribution in [2.75, 3.05) is 7.11 Å². The highest BCUT2D eigenvalue weighted by molar-refractivity contribution is 9.10. The molecule has 37 heavy (non-hydrogen) atoms. The van der Waals surface area contributed by atoms with Crippen LogP contribution < -0.4 is 15.0 Å². The maximum absolute atomic E-state index is 13.5. The molecular weight excluding hydrogens is 554 g/mol. The number of benzene rings is 3. The van der Waals surface area contributed by atoms with E-state index in [1.165, 1.54) is 11.1 Å². The molecule has 1 aromatic heterocycles. The van der Waals surface area contributed by atoms with E-state index in [9.17, 15) is 4.79 Å². The van der Waals surface area contributed by atoms with E-state index in [1.807, 2.05) is 42.5 Å². The summed E-state index contributed by atoms with van der Waals surface area (Å²) in [7, 11) is 1.57. The lowest BCUT2D eigenvalue weighted by molar-refractivity contribution is 0.284. The molecule has 0 atom stereocenters. The van der Waals surface area contributed by atoms with Gasteiger partial charge in [0.2, 0.25) is 0 Å². The maximum atomic E-state index is 13.5. The number of aromatic nitrogens is 2. The van der Waals surface area contributed by atoms with Crippen molar-refractivity contribution < 1.29 is 9.47 Å². The molecule has 6 nitrogen and oxygen atoms in total. The Balaban J connectivity index is 1.56. The van der Waals surface area contributed by atoms with Crippen LogP contribution in [-0.4, -0.2) is 23.0 Å². The lowest BCUT2D eigenvalue weighted by Gasteiger charge is -2.22. The monoisotopic (exact) mass is 579 g/mol. The zero-order chi connectivity index (χ0) is 25.8. The fourth-order valence-electron chi connectivity index (χ4n) is 4.72. The highest BCUT2D eigenvalue weighted by atomic mass is 79.9. The van der Waals surface area contributed by atoms with Crippen molar-refractivity contribution in [1.29, 1.82) is 0 Å². The van der Waals surface area contributed by atoms with Gasteiger partial charge >= 0.3 is 0 Å². The highest BCUT2D eigenvalue weighted by Crippen LogP contribution is 2.35. The first-order valence-corrected chi connectivity index (χ1v) is 13.5. The van der Waals surface area contributed by atoms with Gasteiger partial charge in [0.25, 0.3) is 5.56 Å². The van der Waals surface area contributed by atoms with Crippen molar-refractivity contribution in [1.82, 2.24) is 9.66 Å². The quantitative estimate of drug-likeness (QED) is 0.215. The molecule has 0 unspecified atom stereocenters. The van der Waals surface area contributed by atoms with Crippen LogP contribution in [0.3, 0.4) is 0 Å². The molecular formula is C29H27BrClN3O3. The Morgan fingerprint density at radius 2 is 1.86 bits per heavy atom. The number of nitrogens with zero attached hydrogens (tertiary/aromatic N) is 3. The van der Waals surface area contributed by atoms with Crippen LogP contribution in [0.25, 0.3) is 10.9 Å². The number of hydrogen-bond donors (Lipinski definition) is 0. The summed E-state index contributed by atoms with van der Waals surface area (Å²) < 4.78 is 14.2. The van der Waals surface area contributed by atoms with Gasteiger partial charge in [0.15, 0.2) is 11.5 Å². The SMILES string of the molecule is COc1cc(Cl)cc(C=Nn2c(C3CCCCC3)nc3ccccc3c2=O)c1OCc1ccc(Br)cc1. The third kappa shape index (κ3) is 5.73. The Hall–Kier alpha value is -3.16. The second-order valence-corrected chi connectivity index (χ2v) is 10.5. The van der Waals surface area contributed by atoms with Crippen molar-refractivity contribution in [3.63, 3.8) is 0 Å². The molecule has 8 heteroatoms. The Morgan fingerprint density at radius 3 is 2.62 bits per heavy atom. The van der Waals surface area contributed by atoms with Gasteiger partial charge in [0, 0.05) is 27.0 Å². The normalized spacial score (nSPS) is 14.4. The van der Waals surface area contributed by atoms with Gasteiger partial charge in [0.05, 0.1) is 24.2 Å². The summed E-state index contributed by atoms with van der Waals surface area (Å²) in [6, 6.07) is 18.8. The molecule has 4 aromatic rings. The number of ether oxygens (including phenoxy) is 2. The smallest absolute Gasteiger partial charge is 0.282 e. The number of fused-ring (bicyclic) bond motifs is 1. The zero-order valence-corrected chi connectivity index (χ0v) is 22.8. The minimum atomic E-state index is -0.186. The van der Waals surface area contributed by atoms with Crippen molar-refractivity contribution in [2.45, 2.75) is 44.6 Å². The van der Waals surface area contributed by atoms with E-state index in [0.717, 1.165) is 35.7 Å². The Labute approximate surface area is 229 Å². The van der Waals surface area contributed by atoms with Crippen LogP contribution in [0, 0.1) is 0 Å². The van der Waals surface area contributed by atoms with Crippen molar-refractivity contribution in [3.8, 4) is 11.5 Å². The van der Waals surface area contributed by atoms with Gasteiger partial charge in [-0.1, -0.05) is 71.1 Å². The van der Waals surface area contributed by atoms with Crippen LogP contribution >= 0.6 is 27.5 Å². The molecule has 0 amide bonds. The van der Waals surface area contributed by atoms with E-state index < -0.39 is 0 Å². The minimum Gasteiger partial charge on any atom is -0.493 e. The van der Waals surface area contributed by atoms with Crippen molar-refractivity contribution in [2.24, 2.45) is 5.10 Å². The topological polar surface area (TPSA) is 65.7 Å². The summed E-state index contributed by atoms with van der Waals surface area (Å²) in [5, 5.41) is 5.68. The molecule has 190 valence electrons. The standard InChI is InChI=1S/C29H27BrClN3O3/c1-36-26-16-23(31)15-21(27(26)37-18-19-11-13-22(30)14-12-19)17-32-34-28(20-7-3-2-4-8-20)33-25-10-6-5-9-24(25)29(34)35/h5-6,9-17,20H,2-4,7-8,18H2,1H3. The highest BCUT2D eigenvalue weighted by Gasteiger charge is 2.22. The maximum Gasteiger partial charge on any atom is 0.282 e. The lowest BCUT2D eigenvalue weighted by atomic mass is 9.88. The van der Waals surface area contributed by atoms with Crippen molar-refractivity contribution in [3.05, 3.63) is 97.5 Å². The number of methoxy groups -OCH3 is 1. The van der Waals surface area contributed by atoms with Gasteiger partial charge in [-0.25, -0.2) is 4.98 Å². The summed E-state index contributed by atoms with van der Waals surface area (Å²) in [6.45, 7) is 0.330. The van der Waals surface area contributed by atoms with E-state index in [2.05, 4.69) is 21.0 Å². The summed E-state index contributed by atoms with van der Waals surface area (Å²) in [6.07, 6.45) is 7.04. The van der Waals surface area contributed by atoms with Crippen LogP contribution in [0.2, 0.25) is 5.02 Å². The fraction of sp³-hybridized carbons (Fsp3) is 0.276. The molecule has 3 aromatic carbocycles. The third-order valence-electron chi connectivity index (χ3n) is 6.63. The average Bonchev–Trinajstić information content (AvgIpc) is 2.93. The number of halogens is 2. The molecule has 1 heterocycles. The van der Waals surface area contributed by atoms with Crippen LogP contribution in [-0.2, 0) is 6.61 Å². The predicted molar refractivity (Wildman–Crippen MR) is 151 cm³/mol. The summed E-state index contributed by atoms with van der Waals surface area (Å²) in [5.74, 6) is 1.87. The second-order valence-electron chi connectivity index (χ2n) is 9.13. The zero-order valence-electron chi connectivity index (χ0n) is 20.5. The van der Waals surface area contributed by atoms with Crippen LogP contribution in [0.5, 0.6) is 11.5 Å². The van der Waals surface area contributed by atoms with Crippen LogP contribution in [0.4, 0.5) is 0 Å².